The van der Waals surface area contributed by atoms with Gasteiger partial charge in [0.2, 0.25) is 0 Å². The van der Waals surface area contributed by atoms with Crippen LogP contribution in [0.25, 0.3) is 0 Å². The Kier molecular flexibility index (Phi) is 6.42. The zero-order chi connectivity index (χ0) is 15.6. The third-order valence-corrected chi connectivity index (χ3v) is 5.64. The Morgan fingerprint density at radius 1 is 1.61 bits per heavy atom. The molecule has 0 aliphatic carbocycles. The van der Waals surface area contributed by atoms with Crippen molar-refractivity contribution in [2.45, 2.75) is 39.2 Å². The van der Waals surface area contributed by atoms with E-state index in [0.29, 0.717) is 23.8 Å². The summed E-state index contributed by atoms with van der Waals surface area (Å²) in [5, 5.41) is 6.37. The van der Waals surface area contributed by atoms with Gasteiger partial charge in [-0.2, -0.15) is 0 Å². The first kappa shape index (κ1) is 18.6. The molecule has 1 aromatic heterocycles. The van der Waals surface area contributed by atoms with Crippen molar-refractivity contribution in [3.63, 3.8) is 0 Å². The molecule has 2 aliphatic rings. The van der Waals surface area contributed by atoms with Crippen molar-refractivity contribution in [3.8, 4) is 0 Å². The predicted octanol–water partition coefficient (Wildman–Crippen LogP) is 2.88. The number of aromatic nitrogens is 1. The summed E-state index contributed by atoms with van der Waals surface area (Å²) in [7, 11) is 0. The van der Waals surface area contributed by atoms with Gasteiger partial charge in [0.15, 0.2) is 5.69 Å². The molecule has 0 radical (unpaired) electrons. The normalized spacial score (nSPS) is 27.8. The van der Waals surface area contributed by atoms with Crippen molar-refractivity contribution in [2.24, 2.45) is 5.41 Å². The lowest BCUT2D eigenvalue weighted by atomic mass is 9.89. The number of carbonyl (C=O) groups excluding carboxylic acids is 1. The molecule has 0 saturated carbocycles. The molecule has 7 heteroatoms. The van der Waals surface area contributed by atoms with Crippen LogP contribution in [0.4, 0.5) is 0 Å². The lowest BCUT2D eigenvalue weighted by Crippen LogP contribution is -2.37. The molecule has 1 N–H and O–H groups in total. The highest BCUT2D eigenvalue weighted by Crippen LogP contribution is 2.37. The van der Waals surface area contributed by atoms with Crippen LogP contribution >= 0.6 is 23.7 Å². The summed E-state index contributed by atoms with van der Waals surface area (Å²) in [6.07, 6.45) is 3.59. The number of hydrogen-bond acceptors (Lipinski definition) is 6. The van der Waals surface area contributed by atoms with E-state index in [1.54, 1.807) is 11.3 Å². The first-order valence-electron chi connectivity index (χ1n) is 8.19. The molecule has 2 aliphatic heterocycles. The van der Waals surface area contributed by atoms with Gasteiger partial charge in [0.05, 0.1) is 12.6 Å². The van der Waals surface area contributed by atoms with Crippen molar-refractivity contribution < 1.29 is 9.53 Å². The molecule has 0 spiro atoms. The maximum absolute atomic E-state index is 11.8. The Morgan fingerprint density at radius 3 is 3.13 bits per heavy atom. The molecule has 0 bridgehead atoms. The van der Waals surface area contributed by atoms with Crippen LogP contribution < -0.4 is 5.32 Å². The fraction of sp³-hybridized carbons (Fsp3) is 0.750. The van der Waals surface area contributed by atoms with Crippen LogP contribution in [0.5, 0.6) is 0 Å². The SMILES string of the molecule is CCOC(=O)c1csc(C2CCCN2CC2(C)CCNC2)n1.Cl. The maximum Gasteiger partial charge on any atom is 0.357 e. The number of thiazole rings is 1. The van der Waals surface area contributed by atoms with E-state index in [2.05, 4.69) is 22.1 Å². The van der Waals surface area contributed by atoms with Crippen LogP contribution in [-0.4, -0.2) is 48.6 Å². The van der Waals surface area contributed by atoms with Gasteiger partial charge >= 0.3 is 5.97 Å². The number of nitrogens with one attached hydrogen (secondary N) is 1. The summed E-state index contributed by atoms with van der Waals surface area (Å²) in [5.41, 5.74) is 0.825. The Morgan fingerprint density at radius 2 is 2.43 bits per heavy atom. The molecule has 23 heavy (non-hydrogen) atoms. The standard InChI is InChI=1S/C16H25N3O2S.ClH/c1-3-21-15(20)12-9-22-14(18-12)13-5-4-8-19(13)11-16(2)6-7-17-10-16;/h9,13,17H,3-8,10-11H2,1-2H3;1H. The van der Waals surface area contributed by atoms with Gasteiger partial charge < -0.3 is 10.1 Å². The molecule has 2 saturated heterocycles. The minimum Gasteiger partial charge on any atom is -0.461 e. The van der Waals surface area contributed by atoms with Gasteiger partial charge in [-0.3, -0.25) is 4.90 Å². The average molecular weight is 360 g/mol. The number of nitrogens with zero attached hydrogens (tertiary/aromatic N) is 2. The van der Waals surface area contributed by atoms with Gasteiger partial charge in [0.1, 0.15) is 5.01 Å². The van der Waals surface area contributed by atoms with Crippen LogP contribution in [0.3, 0.4) is 0 Å². The maximum atomic E-state index is 11.8. The summed E-state index contributed by atoms with van der Waals surface area (Å²) < 4.78 is 5.04. The van der Waals surface area contributed by atoms with Gasteiger partial charge in [-0.15, -0.1) is 23.7 Å². The van der Waals surface area contributed by atoms with E-state index in [4.69, 9.17) is 4.74 Å². The minimum atomic E-state index is -0.304. The average Bonchev–Trinajstić information content (AvgIpc) is 3.19. The summed E-state index contributed by atoms with van der Waals surface area (Å²) in [6, 6.07) is 0.366. The topological polar surface area (TPSA) is 54.5 Å². The third kappa shape index (κ3) is 4.24. The van der Waals surface area contributed by atoms with E-state index in [1.165, 1.54) is 12.8 Å². The van der Waals surface area contributed by atoms with E-state index in [0.717, 1.165) is 37.6 Å². The van der Waals surface area contributed by atoms with Gasteiger partial charge in [0.25, 0.3) is 0 Å². The van der Waals surface area contributed by atoms with Crippen LogP contribution in [0.1, 0.15) is 54.6 Å². The van der Waals surface area contributed by atoms with Crippen molar-refractivity contribution in [2.75, 3.05) is 32.8 Å². The lowest BCUT2D eigenvalue weighted by Gasteiger charge is -2.32. The smallest absolute Gasteiger partial charge is 0.357 e. The van der Waals surface area contributed by atoms with Crippen LogP contribution in [-0.2, 0) is 4.74 Å². The Balaban J connectivity index is 0.00000192. The summed E-state index contributed by atoms with van der Waals surface area (Å²) in [4.78, 5) is 18.9. The first-order valence-corrected chi connectivity index (χ1v) is 9.06. The molecule has 0 aromatic carbocycles. The first-order chi connectivity index (χ1) is 10.6. The summed E-state index contributed by atoms with van der Waals surface area (Å²) >= 11 is 1.59. The molecule has 1 aromatic rings. The molecule has 0 amide bonds. The molecule has 3 heterocycles. The van der Waals surface area contributed by atoms with Gasteiger partial charge in [-0.25, -0.2) is 9.78 Å². The molecule has 5 nitrogen and oxygen atoms in total. The monoisotopic (exact) mass is 359 g/mol. The fourth-order valence-corrected chi connectivity index (χ4v) is 4.48. The molecule has 2 fully saturated rings. The molecular formula is C16H26ClN3O2S. The number of halogens is 1. The Labute approximate surface area is 148 Å². The highest BCUT2D eigenvalue weighted by molar-refractivity contribution is 7.09. The second kappa shape index (κ2) is 7.92. The quantitative estimate of drug-likeness (QED) is 0.819. The lowest BCUT2D eigenvalue weighted by molar-refractivity contribution is 0.0519. The minimum absolute atomic E-state index is 0. The van der Waals surface area contributed by atoms with E-state index in [-0.39, 0.29) is 18.4 Å². The van der Waals surface area contributed by atoms with Crippen LogP contribution in [0.15, 0.2) is 5.38 Å². The summed E-state index contributed by atoms with van der Waals surface area (Å²) in [5.74, 6) is -0.304. The van der Waals surface area contributed by atoms with Gasteiger partial charge in [0, 0.05) is 18.5 Å². The number of carbonyl (C=O) groups is 1. The Bertz CT molecular complexity index is 531. The second-order valence-corrected chi connectivity index (χ2v) is 7.55. The van der Waals surface area contributed by atoms with Crippen LogP contribution in [0, 0.1) is 5.41 Å². The van der Waals surface area contributed by atoms with Gasteiger partial charge in [-0.05, 0) is 44.7 Å². The summed E-state index contributed by atoms with van der Waals surface area (Å²) in [6.45, 7) is 9.05. The predicted molar refractivity (Wildman–Crippen MR) is 94.5 cm³/mol. The second-order valence-electron chi connectivity index (χ2n) is 6.66. The molecule has 3 rings (SSSR count). The largest absolute Gasteiger partial charge is 0.461 e. The third-order valence-electron chi connectivity index (χ3n) is 4.70. The van der Waals surface area contributed by atoms with Crippen molar-refractivity contribution in [3.05, 3.63) is 16.1 Å². The zero-order valence-electron chi connectivity index (χ0n) is 13.8. The highest BCUT2D eigenvalue weighted by atomic mass is 35.5. The van der Waals surface area contributed by atoms with E-state index in [9.17, 15) is 4.79 Å². The number of likely N-dealkylation sites (tertiary alicyclic amines) is 1. The number of rotatable bonds is 5. The number of hydrogen-bond donors (Lipinski definition) is 1. The fourth-order valence-electron chi connectivity index (χ4n) is 3.53. The molecule has 2 unspecified atom stereocenters. The molecule has 2 atom stereocenters. The van der Waals surface area contributed by atoms with Crippen molar-refractivity contribution in [1.29, 1.82) is 0 Å². The highest BCUT2D eigenvalue weighted by Gasteiger charge is 2.36. The van der Waals surface area contributed by atoms with Gasteiger partial charge in [-0.1, -0.05) is 6.92 Å². The van der Waals surface area contributed by atoms with Crippen molar-refractivity contribution in [1.82, 2.24) is 15.2 Å². The molecular weight excluding hydrogens is 334 g/mol. The van der Waals surface area contributed by atoms with Crippen LogP contribution in [0.2, 0.25) is 0 Å². The number of esters is 1. The van der Waals surface area contributed by atoms with Crippen molar-refractivity contribution >= 4 is 29.7 Å². The Hall–Kier alpha value is -0.690. The number of ether oxygens (including phenoxy) is 1. The zero-order valence-corrected chi connectivity index (χ0v) is 15.5. The van der Waals surface area contributed by atoms with E-state index < -0.39 is 0 Å². The van der Waals surface area contributed by atoms with E-state index >= 15 is 0 Å². The molecule has 130 valence electrons. The van der Waals surface area contributed by atoms with E-state index in [1.807, 2.05) is 12.3 Å².